The Labute approximate surface area is 175 Å². The molecule has 1 aliphatic carbocycles. The molecule has 8 nitrogen and oxygen atoms in total. The van der Waals surface area contributed by atoms with E-state index in [1.807, 2.05) is 12.1 Å². The lowest BCUT2D eigenvalue weighted by molar-refractivity contribution is 0.202. The number of nitrogens with one attached hydrogen (secondary N) is 2. The van der Waals surface area contributed by atoms with Gasteiger partial charge in [-0.05, 0) is 56.3 Å². The Morgan fingerprint density at radius 3 is 2.90 bits per heavy atom. The molecule has 2 aliphatic rings. The molecule has 0 radical (unpaired) electrons. The van der Waals surface area contributed by atoms with Crippen molar-refractivity contribution in [3.8, 4) is 28.5 Å². The van der Waals surface area contributed by atoms with Crippen LogP contribution >= 0.6 is 0 Å². The van der Waals surface area contributed by atoms with E-state index in [0.29, 0.717) is 29.5 Å². The van der Waals surface area contributed by atoms with Crippen LogP contribution in [0.4, 0.5) is 10.6 Å². The van der Waals surface area contributed by atoms with Crippen molar-refractivity contribution in [2.24, 2.45) is 5.92 Å². The van der Waals surface area contributed by atoms with E-state index in [4.69, 9.17) is 15.2 Å². The number of nitrogens with two attached hydrogens (primary N) is 1. The van der Waals surface area contributed by atoms with E-state index >= 15 is 0 Å². The third kappa shape index (κ3) is 4.43. The number of hydrogen-bond donors (Lipinski definition) is 4. The minimum atomic E-state index is -0.600. The Morgan fingerprint density at radius 2 is 2.20 bits per heavy atom. The molecule has 2 heterocycles. The fourth-order valence-electron chi connectivity index (χ4n) is 3.77. The van der Waals surface area contributed by atoms with Crippen molar-refractivity contribution < 1.29 is 19.4 Å². The molecule has 0 spiro atoms. The van der Waals surface area contributed by atoms with Gasteiger partial charge in [-0.1, -0.05) is 6.07 Å². The highest BCUT2D eigenvalue weighted by atomic mass is 16.6. The van der Waals surface area contributed by atoms with Crippen molar-refractivity contribution >= 4 is 11.9 Å². The van der Waals surface area contributed by atoms with Crippen molar-refractivity contribution in [3.05, 3.63) is 29.8 Å². The molecule has 4 rings (SSSR count). The second kappa shape index (κ2) is 8.79. The summed E-state index contributed by atoms with van der Waals surface area (Å²) >= 11 is 0. The molecular formula is C22H28N4O4. The molecule has 30 heavy (non-hydrogen) atoms. The van der Waals surface area contributed by atoms with E-state index < -0.39 is 6.09 Å². The number of benzene rings is 1. The van der Waals surface area contributed by atoms with E-state index in [1.54, 1.807) is 12.1 Å². The van der Waals surface area contributed by atoms with Gasteiger partial charge in [-0.2, -0.15) is 0 Å². The van der Waals surface area contributed by atoms with Crippen LogP contribution in [0, 0.1) is 5.92 Å². The minimum absolute atomic E-state index is 0.0721. The summed E-state index contributed by atoms with van der Waals surface area (Å²) in [5, 5.41) is 16.4. The van der Waals surface area contributed by atoms with Gasteiger partial charge < -0.3 is 30.9 Å². The zero-order valence-corrected chi connectivity index (χ0v) is 17.1. The van der Waals surface area contributed by atoms with Crippen molar-refractivity contribution in [1.29, 1.82) is 0 Å². The second-order valence-electron chi connectivity index (χ2n) is 7.90. The summed E-state index contributed by atoms with van der Waals surface area (Å²) in [5.74, 6) is 1.70. The summed E-state index contributed by atoms with van der Waals surface area (Å²) < 4.78 is 11.4. The number of aromatic hydroxyl groups is 1. The third-order valence-corrected chi connectivity index (χ3v) is 5.60. The van der Waals surface area contributed by atoms with Gasteiger partial charge in [0.15, 0.2) is 11.6 Å². The van der Waals surface area contributed by atoms with E-state index in [1.165, 1.54) is 19.9 Å². The maximum atomic E-state index is 11.9. The zero-order chi connectivity index (χ0) is 21.1. The monoisotopic (exact) mass is 412 g/mol. The minimum Gasteiger partial charge on any atom is -0.507 e. The number of pyridine rings is 1. The predicted octanol–water partition coefficient (Wildman–Crippen LogP) is 3.01. The molecule has 1 atom stereocenters. The maximum absolute atomic E-state index is 11.9. The first-order valence-corrected chi connectivity index (χ1v) is 10.4. The van der Waals surface area contributed by atoms with Crippen LogP contribution in [0.15, 0.2) is 24.3 Å². The van der Waals surface area contributed by atoms with Gasteiger partial charge in [0.05, 0.1) is 17.9 Å². The van der Waals surface area contributed by atoms with E-state index in [2.05, 4.69) is 15.6 Å². The van der Waals surface area contributed by atoms with E-state index in [-0.39, 0.29) is 23.2 Å². The number of anilines is 1. The topological polar surface area (TPSA) is 119 Å². The quantitative estimate of drug-likeness (QED) is 0.576. The summed E-state index contributed by atoms with van der Waals surface area (Å²) in [7, 11) is 1.49. The average molecular weight is 412 g/mol. The van der Waals surface area contributed by atoms with Crippen molar-refractivity contribution in [1.82, 2.24) is 15.6 Å². The summed E-state index contributed by atoms with van der Waals surface area (Å²) in [6.45, 7) is 2.32. The molecule has 8 heteroatoms. The molecule has 0 bridgehead atoms. The summed E-state index contributed by atoms with van der Waals surface area (Å²) in [5.41, 5.74) is 8.04. The van der Waals surface area contributed by atoms with E-state index in [9.17, 15) is 9.90 Å². The molecule has 1 aromatic heterocycles. The van der Waals surface area contributed by atoms with Crippen LogP contribution in [-0.2, 0) is 0 Å². The van der Waals surface area contributed by atoms with Crippen LogP contribution in [0.3, 0.4) is 0 Å². The van der Waals surface area contributed by atoms with Crippen LogP contribution in [0.1, 0.15) is 37.2 Å². The molecule has 1 saturated carbocycles. The lowest BCUT2D eigenvalue weighted by atomic mass is 9.90. The van der Waals surface area contributed by atoms with Gasteiger partial charge in [0, 0.05) is 25.1 Å². The van der Waals surface area contributed by atoms with Gasteiger partial charge >= 0.3 is 6.09 Å². The number of aromatic nitrogens is 1. The Hall–Kier alpha value is -3.00. The number of nitrogen functional groups attached to an aromatic ring is 1. The van der Waals surface area contributed by atoms with Gasteiger partial charge in [0.2, 0.25) is 0 Å². The number of ether oxygens (including phenoxy) is 2. The van der Waals surface area contributed by atoms with Crippen LogP contribution in [-0.4, -0.2) is 42.9 Å². The Balaban J connectivity index is 1.77. The van der Waals surface area contributed by atoms with Gasteiger partial charge in [-0.3, -0.25) is 0 Å². The van der Waals surface area contributed by atoms with E-state index in [0.717, 1.165) is 31.5 Å². The molecule has 1 aliphatic heterocycles. The van der Waals surface area contributed by atoms with Crippen LogP contribution in [0.5, 0.6) is 17.2 Å². The van der Waals surface area contributed by atoms with Crippen LogP contribution in [0.2, 0.25) is 0 Å². The molecule has 1 unspecified atom stereocenters. The van der Waals surface area contributed by atoms with Gasteiger partial charge in [-0.25, -0.2) is 9.78 Å². The lowest BCUT2D eigenvalue weighted by Gasteiger charge is -2.26. The maximum Gasteiger partial charge on any atom is 0.412 e. The van der Waals surface area contributed by atoms with Crippen LogP contribution in [0.25, 0.3) is 11.3 Å². The normalized spacial score (nSPS) is 18.6. The summed E-state index contributed by atoms with van der Waals surface area (Å²) in [4.78, 5) is 16.4. The fraction of sp³-hybridized carbons (Fsp3) is 0.455. The lowest BCUT2D eigenvalue weighted by Crippen LogP contribution is -2.30. The molecule has 160 valence electrons. The number of carbonyl (C=O) groups is 1. The average Bonchev–Trinajstić information content (AvgIpc) is 3.58. The Kier molecular flexibility index (Phi) is 5.94. The summed E-state index contributed by atoms with van der Waals surface area (Å²) in [6, 6.07) is 7.03. The third-order valence-electron chi connectivity index (χ3n) is 5.60. The molecule has 1 aromatic carbocycles. The number of carbonyl (C=O) groups excluding carboxylic acids is 1. The first kappa shape index (κ1) is 20.3. The Bertz CT molecular complexity index is 924. The molecular weight excluding hydrogens is 384 g/mol. The zero-order valence-electron chi connectivity index (χ0n) is 17.1. The van der Waals surface area contributed by atoms with Gasteiger partial charge in [0.1, 0.15) is 11.5 Å². The Morgan fingerprint density at radius 1 is 1.37 bits per heavy atom. The highest BCUT2D eigenvalue weighted by Crippen LogP contribution is 2.43. The number of piperidine rings is 1. The molecule has 2 fully saturated rings. The summed E-state index contributed by atoms with van der Waals surface area (Å²) in [6.07, 6.45) is 3.69. The second-order valence-corrected chi connectivity index (χ2v) is 7.90. The molecule has 2 aromatic rings. The van der Waals surface area contributed by atoms with Crippen molar-refractivity contribution in [2.75, 3.05) is 32.5 Å². The number of hydrogen-bond acceptors (Lipinski definition) is 7. The van der Waals surface area contributed by atoms with Crippen molar-refractivity contribution in [3.63, 3.8) is 0 Å². The number of rotatable bonds is 6. The highest BCUT2D eigenvalue weighted by Gasteiger charge is 2.27. The molecule has 5 N–H and O–H groups in total. The van der Waals surface area contributed by atoms with Crippen molar-refractivity contribution in [2.45, 2.75) is 31.6 Å². The van der Waals surface area contributed by atoms with Gasteiger partial charge in [-0.15, -0.1) is 0 Å². The highest BCUT2D eigenvalue weighted by molar-refractivity contribution is 5.78. The number of phenols is 1. The SMILES string of the molecule is CNC(=O)Oc1c(C2CCCNC2)cc(-c2c(O)cccc2OCC2CC2)nc1N. The first-order valence-electron chi connectivity index (χ1n) is 10.4. The smallest absolute Gasteiger partial charge is 0.412 e. The van der Waals surface area contributed by atoms with Crippen LogP contribution < -0.4 is 25.8 Å². The molecule has 1 saturated heterocycles. The standard InChI is InChI=1S/C22H28N4O4/c1-24-22(28)30-20-15(14-4-3-9-25-11-14)10-16(26-21(20)23)19-17(27)5-2-6-18(19)29-12-13-7-8-13/h2,5-6,10,13-14,25,27H,3-4,7-9,11-12H2,1H3,(H2,23,26)(H,24,28). The predicted molar refractivity (Wildman–Crippen MR) is 114 cm³/mol. The number of phenolic OH excluding ortho intramolecular Hbond substituents is 1. The first-order chi connectivity index (χ1) is 14.6. The van der Waals surface area contributed by atoms with Gasteiger partial charge in [0.25, 0.3) is 0 Å². The fourth-order valence-corrected chi connectivity index (χ4v) is 3.77. The number of amides is 1. The number of nitrogens with zero attached hydrogens (tertiary/aromatic N) is 1. The largest absolute Gasteiger partial charge is 0.507 e. The molecule has 1 amide bonds.